The number of hydrogen-bond acceptors (Lipinski definition) is 5. The number of nitrogens with zero attached hydrogens (tertiary/aromatic N) is 2. The van der Waals surface area contributed by atoms with E-state index in [4.69, 9.17) is 4.42 Å². The lowest BCUT2D eigenvalue weighted by Crippen LogP contribution is -2.51. The van der Waals surface area contributed by atoms with Crippen molar-refractivity contribution in [2.24, 2.45) is 0 Å². The first kappa shape index (κ1) is 19.7. The summed E-state index contributed by atoms with van der Waals surface area (Å²) in [5.74, 6) is 0.983. The summed E-state index contributed by atoms with van der Waals surface area (Å²) in [6, 6.07) is 11.9. The van der Waals surface area contributed by atoms with Crippen molar-refractivity contribution in [3.05, 3.63) is 42.2 Å². The normalized spacial score (nSPS) is 17.0. The number of furan rings is 1. The number of carbonyl (C=O) groups excluding carboxylic acids is 1. The summed E-state index contributed by atoms with van der Waals surface area (Å²) in [5, 5.41) is 4.14. The first-order valence-electron chi connectivity index (χ1n) is 7.69. The number of halogens is 2. The minimum Gasteiger partial charge on any atom is -0.448 e. The highest BCUT2D eigenvalue weighted by Gasteiger charge is 2.24. The lowest BCUT2D eigenvalue weighted by molar-refractivity contribution is 0.0678. The predicted octanol–water partition coefficient (Wildman–Crippen LogP) is 3.83. The molecule has 1 fully saturated rings. The molecule has 1 aromatic carbocycles. The minimum absolute atomic E-state index is 0. The van der Waals surface area contributed by atoms with E-state index < -0.39 is 0 Å². The molecule has 5 nitrogen and oxygen atoms in total. The van der Waals surface area contributed by atoms with Gasteiger partial charge in [-0.05, 0) is 31.2 Å². The Kier molecular flexibility index (Phi) is 6.46. The zero-order chi connectivity index (χ0) is 15.8. The van der Waals surface area contributed by atoms with Gasteiger partial charge in [0.05, 0.1) is 10.2 Å². The molecule has 0 bridgehead atoms. The summed E-state index contributed by atoms with van der Waals surface area (Å²) in [7, 11) is 0. The van der Waals surface area contributed by atoms with Gasteiger partial charge in [-0.2, -0.15) is 0 Å². The molecule has 25 heavy (non-hydrogen) atoms. The van der Waals surface area contributed by atoms with Crippen molar-refractivity contribution in [2.75, 3.05) is 19.6 Å². The number of benzene rings is 1. The molecule has 2 aromatic heterocycles. The van der Waals surface area contributed by atoms with Gasteiger partial charge in [-0.15, -0.1) is 36.2 Å². The van der Waals surface area contributed by atoms with Gasteiger partial charge in [-0.25, -0.2) is 4.98 Å². The van der Waals surface area contributed by atoms with Crippen molar-refractivity contribution in [1.29, 1.82) is 0 Å². The number of amides is 1. The Hall–Kier alpha value is -1.60. The Balaban J connectivity index is 0.00000113. The van der Waals surface area contributed by atoms with E-state index in [9.17, 15) is 4.79 Å². The fourth-order valence-corrected chi connectivity index (χ4v) is 3.75. The molecule has 3 aromatic rings. The molecule has 134 valence electrons. The standard InChI is InChI=1S/C17H17N3O2S.2ClH/c1-11-10-20(9-8-18-11)17(21)14-7-6-13(22-14)16-19-12-4-2-3-5-15(12)23-16;;/h2-7,11,18H,8-10H2,1H3;2*1H. The Morgan fingerprint density at radius 3 is 2.84 bits per heavy atom. The lowest BCUT2D eigenvalue weighted by atomic mass is 10.2. The van der Waals surface area contributed by atoms with E-state index in [-0.39, 0.29) is 30.7 Å². The molecule has 3 heterocycles. The van der Waals surface area contributed by atoms with Crippen LogP contribution in [0.25, 0.3) is 21.0 Å². The van der Waals surface area contributed by atoms with Gasteiger partial charge in [0.15, 0.2) is 16.5 Å². The molecular weight excluding hydrogens is 381 g/mol. The Morgan fingerprint density at radius 1 is 1.28 bits per heavy atom. The molecule has 0 spiro atoms. The number of hydrogen-bond donors (Lipinski definition) is 1. The highest BCUT2D eigenvalue weighted by molar-refractivity contribution is 7.21. The molecule has 4 rings (SSSR count). The van der Waals surface area contributed by atoms with Crippen LogP contribution < -0.4 is 5.32 Å². The van der Waals surface area contributed by atoms with Crippen LogP contribution in [0.3, 0.4) is 0 Å². The van der Waals surface area contributed by atoms with Crippen molar-refractivity contribution in [3.8, 4) is 10.8 Å². The van der Waals surface area contributed by atoms with Crippen LogP contribution in [0, 0.1) is 0 Å². The van der Waals surface area contributed by atoms with Gasteiger partial charge in [-0.3, -0.25) is 4.79 Å². The monoisotopic (exact) mass is 399 g/mol. The molecule has 1 aliphatic heterocycles. The van der Waals surface area contributed by atoms with Gasteiger partial charge in [0.2, 0.25) is 0 Å². The smallest absolute Gasteiger partial charge is 0.289 e. The van der Waals surface area contributed by atoms with Gasteiger partial charge in [-0.1, -0.05) is 12.1 Å². The SMILES string of the molecule is CC1CN(C(=O)c2ccc(-c3nc4ccccc4s3)o2)CCN1.Cl.Cl. The van der Waals surface area contributed by atoms with E-state index in [1.54, 1.807) is 17.4 Å². The van der Waals surface area contributed by atoms with E-state index >= 15 is 0 Å². The Labute approximate surface area is 162 Å². The van der Waals surface area contributed by atoms with Crippen molar-refractivity contribution in [2.45, 2.75) is 13.0 Å². The molecule has 1 unspecified atom stereocenters. The number of carbonyl (C=O) groups is 1. The summed E-state index contributed by atoms with van der Waals surface area (Å²) in [5.41, 5.74) is 0.952. The van der Waals surface area contributed by atoms with Gasteiger partial charge < -0.3 is 14.6 Å². The van der Waals surface area contributed by atoms with Crippen LogP contribution >= 0.6 is 36.2 Å². The maximum absolute atomic E-state index is 12.5. The van der Waals surface area contributed by atoms with E-state index in [0.717, 1.165) is 21.8 Å². The Morgan fingerprint density at radius 2 is 2.08 bits per heavy atom. The van der Waals surface area contributed by atoms with Gasteiger partial charge in [0.1, 0.15) is 0 Å². The van der Waals surface area contributed by atoms with Gasteiger partial charge >= 0.3 is 0 Å². The van der Waals surface area contributed by atoms with E-state index in [0.29, 0.717) is 30.7 Å². The van der Waals surface area contributed by atoms with Crippen LogP contribution in [0.4, 0.5) is 0 Å². The average molecular weight is 400 g/mol. The summed E-state index contributed by atoms with van der Waals surface area (Å²) in [6.45, 7) is 4.31. The molecule has 1 N–H and O–H groups in total. The number of rotatable bonds is 2. The fraction of sp³-hybridized carbons (Fsp3) is 0.294. The van der Waals surface area contributed by atoms with Crippen LogP contribution in [-0.4, -0.2) is 41.5 Å². The van der Waals surface area contributed by atoms with Crippen LogP contribution in [0.2, 0.25) is 0 Å². The van der Waals surface area contributed by atoms with Crippen molar-refractivity contribution < 1.29 is 9.21 Å². The largest absolute Gasteiger partial charge is 0.448 e. The van der Waals surface area contributed by atoms with Crippen LogP contribution in [0.15, 0.2) is 40.8 Å². The molecule has 0 aliphatic carbocycles. The molecule has 1 atom stereocenters. The summed E-state index contributed by atoms with van der Waals surface area (Å²) < 4.78 is 6.90. The second-order valence-corrected chi connectivity index (χ2v) is 6.79. The minimum atomic E-state index is -0.0503. The molecule has 1 aliphatic rings. The van der Waals surface area contributed by atoms with Crippen molar-refractivity contribution in [1.82, 2.24) is 15.2 Å². The lowest BCUT2D eigenvalue weighted by Gasteiger charge is -2.31. The third-order valence-corrected chi connectivity index (χ3v) is 5.03. The second-order valence-electron chi connectivity index (χ2n) is 5.76. The quantitative estimate of drug-likeness (QED) is 0.710. The van der Waals surface area contributed by atoms with E-state index in [2.05, 4.69) is 17.2 Å². The number of aromatic nitrogens is 1. The second kappa shape index (κ2) is 8.19. The fourth-order valence-electron chi connectivity index (χ4n) is 2.82. The highest BCUT2D eigenvalue weighted by atomic mass is 35.5. The Bertz CT molecular complexity index is 831. The third kappa shape index (κ3) is 3.98. The summed E-state index contributed by atoms with van der Waals surface area (Å²) >= 11 is 1.57. The first-order chi connectivity index (χ1) is 11.2. The molecule has 0 saturated carbocycles. The number of fused-ring (bicyclic) bond motifs is 1. The summed E-state index contributed by atoms with van der Waals surface area (Å²) in [6.07, 6.45) is 0. The first-order valence-corrected chi connectivity index (χ1v) is 8.51. The number of para-hydroxylation sites is 1. The molecule has 8 heteroatoms. The highest BCUT2D eigenvalue weighted by Crippen LogP contribution is 2.31. The van der Waals surface area contributed by atoms with Crippen LogP contribution in [0.1, 0.15) is 17.5 Å². The maximum atomic E-state index is 12.5. The van der Waals surface area contributed by atoms with E-state index in [1.165, 1.54) is 0 Å². The number of piperazine rings is 1. The molecule has 0 radical (unpaired) electrons. The topological polar surface area (TPSA) is 58.4 Å². The van der Waals surface area contributed by atoms with Crippen molar-refractivity contribution in [3.63, 3.8) is 0 Å². The van der Waals surface area contributed by atoms with Crippen LogP contribution in [-0.2, 0) is 0 Å². The van der Waals surface area contributed by atoms with E-state index in [1.807, 2.05) is 35.2 Å². The van der Waals surface area contributed by atoms with Crippen LogP contribution in [0.5, 0.6) is 0 Å². The number of nitrogens with one attached hydrogen (secondary N) is 1. The molecular formula is C17H19Cl2N3O2S. The summed E-state index contributed by atoms with van der Waals surface area (Å²) in [4.78, 5) is 19.0. The molecule has 1 amide bonds. The van der Waals surface area contributed by atoms with Gasteiger partial charge in [0.25, 0.3) is 5.91 Å². The van der Waals surface area contributed by atoms with Crippen molar-refractivity contribution >= 4 is 52.3 Å². The zero-order valence-corrected chi connectivity index (χ0v) is 16.0. The maximum Gasteiger partial charge on any atom is 0.289 e. The number of thiazole rings is 1. The predicted molar refractivity (Wildman–Crippen MR) is 105 cm³/mol. The zero-order valence-electron chi connectivity index (χ0n) is 13.6. The molecule has 1 saturated heterocycles. The van der Waals surface area contributed by atoms with Gasteiger partial charge in [0, 0.05) is 25.7 Å². The third-order valence-electron chi connectivity index (χ3n) is 3.98. The average Bonchev–Trinajstić information content (AvgIpc) is 3.20.